The minimum Gasteiger partial charge on any atom is -0.474 e. The molecule has 1 amide bonds. The number of rotatable bonds is 1. The Balaban J connectivity index is 1.79. The maximum Gasteiger partial charge on any atom is 0.270 e. The van der Waals surface area contributed by atoms with Gasteiger partial charge in [-0.1, -0.05) is 54.1 Å². The maximum atomic E-state index is 12.4. The average Bonchev–Trinajstić information content (AvgIpc) is 2.55. The van der Waals surface area contributed by atoms with Gasteiger partial charge in [-0.25, -0.2) is 0 Å². The first-order valence-corrected chi connectivity index (χ1v) is 7.35. The van der Waals surface area contributed by atoms with E-state index in [0.29, 0.717) is 10.8 Å². The van der Waals surface area contributed by atoms with Gasteiger partial charge in [0.2, 0.25) is 6.10 Å². The molecule has 0 bridgehead atoms. The first-order valence-electron chi connectivity index (χ1n) is 6.97. The van der Waals surface area contributed by atoms with Crippen molar-refractivity contribution in [2.45, 2.75) is 6.10 Å². The van der Waals surface area contributed by atoms with Crippen LogP contribution >= 0.6 is 11.6 Å². The third kappa shape index (κ3) is 2.11. The third-order valence-corrected chi connectivity index (χ3v) is 4.05. The number of halogens is 1. The van der Waals surface area contributed by atoms with Gasteiger partial charge in [0, 0.05) is 16.0 Å². The van der Waals surface area contributed by atoms with Gasteiger partial charge in [0.15, 0.2) is 0 Å². The molecule has 1 heterocycles. The summed E-state index contributed by atoms with van der Waals surface area (Å²) in [5.74, 6) is 0.504. The third-order valence-electron chi connectivity index (χ3n) is 3.79. The molecule has 1 N–H and O–H groups in total. The maximum absolute atomic E-state index is 12.4. The number of amides is 1. The van der Waals surface area contributed by atoms with E-state index in [4.69, 9.17) is 16.3 Å². The van der Waals surface area contributed by atoms with Crippen molar-refractivity contribution in [2.24, 2.45) is 0 Å². The molecule has 3 nitrogen and oxygen atoms in total. The normalized spacial score (nSPS) is 16.8. The molecule has 0 saturated carbocycles. The Bertz CT molecular complexity index is 874. The zero-order valence-electron chi connectivity index (χ0n) is 11.5. The molecule has 0 aromatic heterocycles. The number of carbonyl (C=O) groups is 1. The number of fused-ring (bicyclic) bond motifs is 3. The quantitative estimate of drug-likeness (QED) is 0.715. The van der Waals surface area contributed by atoms with E-state index in [2.05, 4.69) is 5.32 Å². The van der Waals surface area contributed by atoms with Crippen molar-refractivity contribution in [1.29, 1.82) is 0 Å². The van der Waals surface area contributed by atoms with Crippen molar-refractivity contribution < 1.29 is 9.53 Å². The van der Waals surface area contributed by atoms with Crippen LogP contribution in [0.5, 0.6) is 5.75 Å². The number of benzene rings is 3. The van der Waals surface area contributed by atoms with Crippen LogP contribution in [0, 0.1) is 0 Å². The predicted molar refractivity (Wildman–Crippen MR) is 87.4 cm³/mol. The number of ether oxygens (including phenoxy) is 1. The van der Waals surface area contributed by atoms with E-state index in [-0.39, 0.29) is 5.91 Å². The number of hydrogen-bond acceptors (Lipinski definition) is 2. The van der Waals surface area contributed by atoms with Gasteiger partial charge < -0.3 is 10.1 Å². The highest BCUT2D eigenvalue weighted by Crippen LogP contribution is 2.39. The number of carbonyl (C=O) groups excluding carboxylic acids is 1. The largest absolute Gasteiger partial charge is 0.474 e. The van der Waals surface area contributed by atoms with Crippen molar-refractivity contribution >= 4 is 34.0 Å². The Labute approximate surface area is 132 Å². The number of anilines is 1. The van der Waals surface area contributed by atoms with Crippen LogP contribution in [0.15, 0.2) is 60.7 Å². The van der Waals surface area contributed by atoms with Crippen molar-refractivity contribution in [3.05, 3.63) is 71.2 Å². The van der Waals surface area contributed by atoms with Crippen LogP contribution in [0.3, 0.4) is 0 Å². The van der Waals surface area contributed by atoms with E-state index in [0.717, 1.165) is 22.0 Å². The summed E-state index contributed by atoms with van der Waals surface area (Å²) in [7, 11) is 0. The highest BCUT2D eigenvalue weighted by atomic mass is 35.5. The summed E-state index contributed by atoms with van der Waals surface area (Å²) in [6.45, 7) is 0. The van der Waals surface area contributed by atoms with E-state index in [1.165, 1.54) is 0 Å². The van der Waals surface area contributed by atoms with Crippen molar-refractivity contribution in [3.63, 3.8) is 0 Å². The molecule has 0 saturated heterocycles. The van der Waals surface area contributed by atoms with Gasteiger partial charge in [-0.05, 0) is 23.6 Å². The van der Waals surface area contributed by atoms with Crippen LogP contribution in [0.4, 0.5) is 5.69 Å². The van der Waals surface area contributed by atoms with Crippen LogP contribution < -0.4 is 10.1 Å². The Morgan fingerprint density at radius 3 is 2.55 bits per heavy atom. The second-order valence-corrected chi connectivity index (χ2v) is 5.63. The second-order valence-electron chi connectivity index (χ2n) is 5.20. The molecule has 4 heteroatoms. The van der Waals surface area contributed by atoms with Crippen LogP contribution in [-0.2, 0) is 4.79 Å². The predicted octanol–water partition coefficient (Wildman–Crippen LogP) is 4.57. The summed E-state index contributed by atoms with van der Waals surface area (Å²) in [5.41, 5.74) is 1.51. The molecular weight excluding hydrogens is 298 g/mol. The van der Waals surface area contributed by atoms with Crippen molar-refractivity contribution in [3.8, 4) is 5.75 Å². The molecule has 0 spiro atoms. The zero-order valence-corrected chi connectivity index (χ0v) is 12.3. The molecule has 108 valence electrons. The lowest BCUT2D eigenvalue weighted by molar-refractivity contribution is -0.123. The SMILES string of the molecule is O=C1Nc2c(ccc3ccccc23)OC1c1ccc(Cl)cc1. The lowest BCUT2D eigenvalue weighted by atomic mass is 10.0. The van der Waals surface area contributed by atoms with Gasteiger partial charge >= 0.3 is 0 Å². The molecule has 22 heavy (non-hydrogen) atoms. The van der Waals surface area contributed by atoms with E-state index < -0.39 is 6.10 Å². The van der Waals surface area contributed by atoms with E-state index in [1.807, 2.05) is 36.4 Å². The summed E-state index contributed by atoms with van der Waals surface area (Å²) in [4.78, 5) is 12.4. The van der Waals surface area contributed by atoms with Crippen LogP contribution in [0.2, 0.25) is 5.02 Å². The summed E-state index contributed by atoms with van der Waals surface area (Å²) in [5, 5.41) is 5.64. The van der Waals surface area contributed by atoms with Crippen molar-refractivity contribution in [2.75, 3.05) is 5.32 Å². The summed E-state index contributed by atoms with van der Waals surface area (Å²) < 4.78 is 5.92. The monoisotopic (exact) mass is 309 g/mol. The molecular formula is C18H12ClNO2. The molecule has 1 aliphatic rings. The molecule has 0 fully saturated rings. The van der Waals surface area contributed by atoms with Gasteiger partial charge in [0.1, 0.15) is 5.75 Å². The minimum absolute atomic E-state index is 0.175. The second kappa shape index (κ2) is 5.04. The number of nitrogens with one attached hydrogen (secondary N) is 1. The van der Waals surface area contributed by atoms with Crippen LogP contribution in [-0.4, -0.2) is 5.91 Å². The highest BCUT2D eigenvalue weighted by Gasteiger charge is 2.30. The zero-order chi connectivity index (χ0) is 15.1. The molecule has 0 aliphatic carbocycles. The Hall–Kier alpha value is -2.52. The smallest absolute Gasteiger partial charge is 0.270 e. The van der Waals surface area contributed by atoms with E-state index >= 15 is 0 Å². The number of hydrogen-bond donors (Lipinski definition) is 1. The fraction of sp³-hybridized carbons (Fsp3) is 0.0556. The molecule has 1 unspecified atom stereocenters. The van der Waals surface area contributed by atoms with Gasteiger partial charge in [0.25, 0.3) is 5.91 Å². The van der Waals surface area contributed by atoms with Gasteiger partial charge in [-0.2, -0.15) is 0 Å². The molecule has 1 aliphatic heterocycles. The standard InChI is InChI=1S/C18H12ClNO2/c19-13-8-5-12(6-9-13)17-18(21)20-16-14-4-2-1-3-11(14)7-10-15(16)22-17/h1-10,17H,(H,20,21). The molecule has 3 aromatic rings. The minimum atomic E-state index is -0.661. The Morgan fingerprint density at radius 2 is 1.73 bits per heavy atom. The Morgan fingerprint density at radius 1 is 0.955 bits per heavy atom. The van der Waals surface area contributed by atoms with Crippen LogP contribution in [0.25, 0.3) is 10.8 Å². The summed E-state index contributed by atoms with van der Waals surface area (Å²) in [6.07, 6.45) is -0.661. The van der Waals surface area contributed by atoms with Crippen LogP contribution in [0.1, 0.15) is 11.7 Å². The van der Waals surface area contributed by atoms with Gasteiger partial charge in [-0.3, -0.25) is 4.79 Å². The first kappa shape index (κ1) is 13.2. The molecule has 0 radical (unpaired) electrons. The van der Waals surface area contributed by atoms with E-state index in [9.17, 15) is 4.79 Å². The molecule has 1 atom stereocenters. The summed E-state index contributed by atoms with van der Waals surface area (Å²) in [6, 6.07) is 18.9. The molecule has 4 rings (SSSR count). The van der Waals surface area contributed by atoms with E-state index in [1.54, 1.807) is 24.3 Å². The average molecular weight is 310 g/mol. The van der Waals surface area contributed by atoms with Crippen molar-refractivity contribution in [1.82, 2.24) is 0 Å². The van der Waals surface area contributed by atoms with Gasteiger partial charge in [-0.15, -0.1) is 0 Å². The highest BCUT2D eigenvalue weighted by molar-refractivity contribution is 6.30. The lowest BCUT2D eigenvalue weighted by Crippen LogP contribution is -2.30. The first-order chi connectivity index (χ1) is 10.7. The fourth-order valence-corrected chi connectivity index (χ4v) is 2.83. The Kier molecular flexibility index (Phi) is 3.01. The molecule has 3 aromatic carbocycles. The fourth-order valence-electron chi connectivity index (χ4n) is 2.70. The van der Waals surface area contributed by atoms with Gasteiger partial charge in [0.05, 0.1) is 5.69 Å². The summed E-state index contributed by atoms with van der Waals surface area (Å²) >= 11 is 5.89. The lowest BCUT2D eigenvalue weighted by Gasteiger charge is -2.27. The topological polar surface area (TPSA) is 38.3 Å².